The molecule has 0 aromatic carbocycles. The molecular formula is C13H25N3O4S. The molecule has 2 aliphatic rings. The number of hydrogen-bond acceptors (Lipinski definition) is 4. The summed E-state index contributed by atoms with van der Waals surface area (Å²) in [5.41, 5.74) is 0. The number of carbonyl (C=O) groups is 1. The Morgan fingerprint density at radius 3 is 2.29 bits per heavy atom. The third-order valence-electron chi connectivity index (χ3n) is 4.30. The number of likely N-dealkylation sites (tertiary alicyclic amines) is 1. The molecule has 2 saturated heterocycles. The lowest BCUT2D eigenvalue weighted by Gasteiger charge is -2.30. The number of piperidine rings is 2. The van der Waals surface area contributed by atoms with Crippen LogP contribution in [0.15, 0.2) is 0 Å². The van der Waals surface area contributed by atoms with E-state index in [0.29, 0.717) is 19.4 Å². The van der Waals surface area contributed by atoms with Crippen LogP contribution >= 0.6 is 0 Å². The van der Waals surface area contributed by atoms with Crippen LogP contribution in [-0.4, -0.2) is 68.0 Å². The van der Waals surface area contributed by atoms with Crippen molar-refractivity contribution < 1.29 is 18.3 Å². The number of rotatable bonds is 6. The highest BCUT2D eigenvalue weighted by Crippen LogP contribution is 2.19. The summed E-state index contributed by atoms with van der Waals surface area (Å²) in [6, 6.07) is 0. The fraction of sp³-hybridized carbons (Fsp3) is 0.923. The van der Waals surface area contributed by atoms with Crippen molar-refractivity contribution in [3.8, 4) is 0 Å². The highest BCUT2D eigenvalue weighted by atomic mass is 32.2. The Bertz CT molecular complexity index is 440. The number of aliphatic carboxylic acids is 1. The average molecular weight is 319 g/mol. The molecule has 8 heteroatoms. The standard InChI is InChI=1S/C13H25N3O4S/c17-13(18)12-4-9-16(10-5-12)21(19,20)14-6-11-15-7-2-1-3-8-15/h12,14H,1-11H2,(H,17,18). The number of carboxylic acids is 1. The Morgan fingerprint density at radius 2 is 1.71 bits per heavy atom. The van der Waals surface area contributed by atoms with E-state index in [1.165, 1.54) is 23.6 Å². The smallest absolute Gasteiger partial charge is 0.306 e. The van der Waals surface area contributed by atoms with Crippen LogP contribution < -0.4 is 4.72 Å². The summed E-state index contributed by atoms with van der Waals surface area (Å²) in [5, 5.41) is 8.92. The van der Waals surface area contributed by atoms with E-state index in [2.05, 4.69) is 9.62 Å². The van der Waals surface area contributed by atoms with Crippen LogP contribution in [-0.2, 0) is 15.0 Å². The molecule has 122 valence electrons. The van der Waals surface area contributed by atoms with E-state index < -0.39 is 22.1 Å². The van der Waals surface area contributed by atoms with Gasteiger partial charge in [0.25, 0.3) is 10.2 Å². The number of nitrogens with one attached hydrogen (secondary N) is 1. The topological polar surface area (TPSA) is 90.0 Å². The molecule has 0 radical (unpaired) electrons. The van der Waals surface area contributed by atoms with E-state index in [9.17, 15) is 13.2 Å². The van der Waals surface area contributed by atoms with Gasteiger partial charge in [0, 0.05) is 26.2 Å². The van der Waals surface area contributed by atoms with Crippen molar-refractivity contribution in [3.63, 3.8) is 0 Å². The predicted octanol–water partition coefficient (Wildman–Crippen LogP) is 0.103. The Balaban J connectivity index is 1.73. The SMILES string of the molecule is O=C(O)C1CCN(S(=O)(=O)NCCN2CCCCC2)CC1. The average Bonchev–Trinajstić information content (AvgIpc) is 2.48. The van der Waals surface area contributed by atoms with E-state index in [-0.39, 0.29) is 13.1 Å². The van der Waals surface area contributed by atoms with Crippen LogP contribution in [0.2, 0.25) is 0 Å². The molecule has 2 heterocycles. The van der Waals surface area contributed by atoms with Gasteiger partial charge in [-0.25, -0.2) is 4.72 Å². The quantitative estimate of drug-likeness (QED) is 0.725. The third kappa shape index (κ3) is 4.91. The van der Waals surface area contributed by atoms with Crippen molar-refractivity contribution in [1.82, 2.24) is 13.9 Å². The van der Waals surface area contributed by atoms with Gasteiger partial charge in [0.15, 0.2) is 0 Å². The summed E-state index contributed by atoms with van der Waals surface area (Å²) in [6.07, 6.45) is 4.43. The monoisotopic (exact) mass is 319 g/mol. The molecule has 0 aromatic heterocycles. The van der Waals surface area contributed by atoms with Gasteiger partial charge in [-0.05, 0) is 38.8 Å². The number of nitrogens with zero attached hydrogens (tertiary/aromatic N) is 2. The molecule has 0 amide bonds. The normalized spacial score (nSPS) is 23.2. The van der Waals surface area contributed by atoms with Crippen molar-refractivity contribution in [2.24, 2.45) is 5.92 Å². The molecule has 2 fully saturated rings. The second kappa shape index (κ2) is 7.53. The molecule has 0 unspecified atom stereocenters. The van der Waals surface area contributed by atoms with Crippen molar-refractivity contribution in [3.05, 3.63) is 0 Å². The Hall–Kier alpha value is -0.700. The van der Waals surface area contributed by atoms with E-state index in [1.54, 1.807) is 0 Å². The summed E-state index contributed by atoms with van der Waals surface area (Å²) in [7, 11) is -3.47. The van der Waals surface area contributed by atoms with Gasteiger partial charge >= 0.3 is 5.97 Å². The molecule has 0 bridgehead atoms. The van der Waals surface area contributed by atoms with Gasteiger partial charge in [0.05, 0.1) is 5.92 Å². The lowest BCUT2D eigenvalue weighted by Crippen LogP contribution is -2.47. The molecular weight excluding hydrogens is 294 g/mol. The van der Waals surface area contributed by atoms with Gasteiger partial charge in [0.2, 0.25) is 0 Å². The molecule has 0 saturated carbocycles. The van der Waals surface area contributed by atoms with Crippen molar-refractivity contribution in [2.75, 3.05) is 39.3 Å². The zero-order valence-electron chi connectivity index (χ0n) is 12.3. The van der Waals surface area contributed by atoms with Gasteiger partial charge in [-0.15, -0.1) is 0 Å². The minimum absolute atomic E-state index is 0.288. The molecule has 21 heavy (non-hydrogen) atoms. The largest absolute Gasteiger partial charge is 0.481 e. The van der Waals surface area contributed by atoms with E-state index in [1.807, 2.05) is 0 Å². The molecule has 0 spiro atoms. The maximum absolute atomic E-state index is 12.2. The van der Waals surface area contributed by atoms with Crippen LogP contribution in [0.4, 0.5) is 0 Å². The Kier molecular flexibility index (Phi) is 5.98. The van der Waals surface area contributed by atoms with E-state index in [0.717, 1.165) is 19.6 Å². The predicted molar refractivity (Wildman–Crippen MR) is 79.1 cm³/mol. The lowest BCUT2D eigenvalue weighted by atomic mass is 9.99. The highest BCUT2D eigenvalue weighted by molar-refractivity contribution is 7.87. The fourth-order valence-electron chi connectivity index (χ4n) is 2.95. The number of carboxylic acid groups (broad SMARTS) is 1. The first-order chi connectivity index (χ1) is 9.99. The van der Waals surface area contributed by atoms with Crippen LogP contribution in [0.3, 0.4) is 0 Å². The van der Waals surface area contributed by atoms with Crippen molar-refractivity contribution in [1.29, 1.82) is 0 Å². The summed E-state index contributed by atoms with van der Waals surface area (Å²) in [6.45, 7) is 3.83. The third-order valence-corrected chi connectivity index (χ3v) is 5.92. The van der Waals surface area contributed by atoms with Gasteiger partial charge in [0.1, 0.15) is 0 Å². The molecule has 2 rings (SSSR count). The van der Waals surface area contributed by atoms with Crippen LogP contribution in [0, 0.1) is 5.92 Å². The zero-order valence-corrected chi connectivity index (χ0v) is 13.1. The van der Waals surface area contributed by atoms with Gasteiger partial charge < -0.3 is 10.0 Å². The van der Waals surface area contributed by atoms with Crippen LogP contribution in [0.25, 0.3) is 0 Å². The van der Waals surface area contributed by atoms with Crippen molar-refractivity contribution in [2.45, 2.75) is 32.1 Å². The Labute approximate surface area is 126 Å². The van der Waals surface area contributed by atoms with Gasteiger partial charge in [-0.2, -0.15) is 12.7 Å². The molecule has 7 nitrogen and oxygen atoms in total. The molecule has 2 N–H and O–H groups in total. The van der Waals surface area contributed by atoms with Gasteiger partial charge in [-0.1, -0.05) is 6.42 Å². The molecule has 0 atom stereocenters. The summed E-state index contributed by atoms with van der Waals surface area (Å²) < 4.78 is 28.3. The van der Waals surface area contributed by atoms with Gasteiger partial charge in [-0.3, -0.25) is 4.79 Å². The molecule has 0 aliphatic carbocycles. The zero-order chi connectivity index (χ0) is 15.3. The highest BCUT2D eigenvalue weighted by Gasteiger charge is 2.30. The first-order valence-electron chi connectivity index (χ1n) is 7.69. The lowest BCUT2D eigenvalue weighted by molar-refractivity contribution is -0.142. The fourth-order valence-corrected chi connectivity index (χ4v) is 4.17. The minimum atomic E-state index is -3.47. The summed E-state index contributed by atoms with van der Waals surface area (Å²) in [5.74, 6) is -1.24. The second-order valence-corrected chi connectivity index (χ2v) is 7.57. The maximum atomic E-state index is 12.2. The summed E-state index contributed by atoms with van der Waals surface area (Å²) >= 11 is 0. The first kappa shape index (κ1) is 16.7. The molecule has 2 aliphatic heterocycles. The molecule has 0 aromatic rings. The van der Waals surface area contributed by atoms with E-state index in [4.69, 9.17) is 5.11 Å². The second-order valence-electron chi connectivity index (χ2n) is 5.81. The van der Waals surface area contributed by atoms with Crippen molar-refractivity contribution >= 4 is 16.2 Å². The summed E-state index contributed by atoms with van der Waals surface area (Å²) in [4.78, 5) is 13.1. The van der Waals surface area contributed by atoms with Crippen LogP contribution in [0.1, 0.15) is 32.1 Å². The first-order valence-corrected chi connectivity index (χ1v) is 9.13. The van der Waals surface area contributed by atoms with Crippen LogP contribution in [0.5, 0.6) is 0 Å². The Morgan fingerprint density at radius 1 is 1.10 bits per heavy atom. The minimum Gasteiger partial charge on any atom is -0.481 e. The maximum Gasteiger partial charge on any atom is 0.306 e. The number of hydrogen-bond donors (Lipinski definition) is 2. The van der Waals surface area contributed by atoms with E-state index >= 15 is 0 Å².